The smallest absolute Gasteiger partial charge is 0.120 e. The topological polar surface area (TPSA) is 37.6 Å². The van der Waals surface area contributed by atoms with Crippen LogP contribution >= 0.6 is 0 Å². The molecule has 0 aliphatic heterocycles. The molecule has 0 radical (unpaired) electrons. The van der Waals surface area contributed by atoms with Gasteiger partial charge in [-0.05, 0) is 31.7 Å². The number of nitrogens with zero attached hydrogens (tertiary/aromatic N) is 1. The summed E-state index contributed by atoms with van der Waals surface area (Å²) >= 11 is 0. The summed E-state index contributed by atoms with van der Waals surface area (Å²) in [6.45, 7) is 6.64. The van der Waals surface area contributed by atoms with Gasteiger partial charge in [0.1, 0.15) is 17.3 Å². The highest BCUT2D eigenvalue weighted by atomic mass is 16.5. The number of rotatable bonds is 7. The maximum atomic E-state index is 5.78. The van der Waals surface area contributed by atoms with E-state index < -0.39 is 0 Å². The molecule has 114 valence electrons. The molecular weight excluding hydrogens is 264 g/mol. The van der Waals surface area contributed by atoms with Gasteiger partial charge in [0, 0.05) is 30.9 Å². The van der Waals surface area contributed by atoms with Crippen molar-refractivity contribution >= 4 is 5.69 Å². The minimum Gasteiger partial charge on any atom is -0.497 e. The molecule has 1 aromatic carbocycles. The van der Waals surface area contributed by atoms with Crippen molar-refractivity contribution in [2.75, 3.05) is 25.6 Å². The summed E-state index contributed by atoms with van der Waals surface area (Å²) in [7, 11) is 3.76. The Hall–Kier alpha value is -1.94. The average Bonchev–Trinajstić information content (AvgIpc) is 2.85. The van der Waals surface area contributed by atoms with Crippen LogP contribution in [0.2, 0.25) is 0 Å². The maximum absolute atomic E-state index is 5.78. The number of methoxy groups -OCH3 is 1. The Bertz CT molecular complexity index is 578. The first kappa shape index (κ1) is 15.4. The fraction of sp³-hybridized carbons (Fsp3) is 0.412. The summed E-state index contributed by atoms with van der Waals surface area (Å²) in [4.78, 5) is 2.19. The van der Waals surface area contributed by atoms with Crippen LogP contribution in [-0.2, 0) is 13.1 Å². The van der Waals surface area contributed by atoms with E-state index in [0.717, 1.165) is 42.6 Å². The third-order valence-electron chi connectivity index (χ3n) is 3.52. The second-order valence-corrected chi connectivity index (χ2v) is 5.13. The molecule has 1 heterocycles. The lowest BCUT2D eigenvalue weighted by Gasteiger charge is -2.19. The van der Waals surface area contributed by atoms with Crippen LogP contribution in [0.25, 0.3) is 0 Å². The molecule has 0 spiro atoms. The van der Waals surface area contributed by atoms with E-state index in [2.05, 4.69) is 36.3 Å². The molecule has 2 aromatic rings. The predicted octanol–water partition coefficient (Wildman–Crippen LogP) is 3.34. The van der Waals surface area contributed by atoms with Crippen LogP contribution in [0.3, 0.4) is 0 Å². The Morgan fingerprint density at radius 1 is 1.29 bits per heavy atom. The number of benzene rings is 1. The highest BCUT2D eigenvalue weighted by Crippen LogP contribution is 2.23. The standard InChI is InChI=1S/C17H24N2O2/c1-5-18-11-17-9-14(13(2)21-17)12-19(3)15-7-6-8-16(10-15)20-4/h6-10,18H,5,11-12H2,1-4H3. The second-order valence-electron chi connectivity index (χ2n) is 5.13. The number of hydrogen-bond acceptors (Lipinski definition) is 4. The van der Waals surface area contributed by atoms with Crippen molar-refractivity contribution in [3.63, 3.8) is 0 Å². The number of ether oxygens (including phenoxy) is 1. The molecule has 4 heteroatoms. The van der Waals surface area contributed by atoms with Crippen molar-refractivity contribution in [2.24, 2.45) is 0 Å². The van der Waals surface area contributed by atoms with E-state index in [1.54, 1.807) is 7.11 Å². The number of hydrogen-bond donors (Lipinski definition) is 1. The Morgan fingerprint density at radius 2 is 2.10 bits per heavy atom. The largest absolute Gasteiger partial charge is 0.497 e. The Balaban J connectivity index is 2.07. The third-order valence-corrected chi connectivity index (χ3v) is 3.52. The quantitative estimate of drug-likeness (QED) is 0.848. The molecule has 0 aliphatic carbocycles. The summed E-state index contributed by atoms with van der Waals surface area (Å²) in [6, 6.07) is 10.2. The molecule has 0 bridgehead atoms. The Labute approximate surface area is 126 Å². The Kier molecular flexibility index (Phi) is 5.28. The number of nitrogens with one attached hydrogen (secondary N) is 1. The lowest BCUT2D eigenvalue weighted by Crippen LogP contribution is -2.16. The molecule has 0 unspecified atom stereocenters. The van der Waals surface area contributed by atoms with Gasteiger partial charge in [-0.3, -0.25) is 0 Å². The number of anilines is 1. The zero-order valence-corrected chi connectivity index (χ0v) is 13.3. The lowest BCUT2D eigenvalue weighted by atomic mass is 10.2. The van der Waals surface area contributed by atoms with Gasteiger partial charge < -0.3 is 19.4 Å². The van der Waals surface area contributed by atoms with Crippen LogP contribution in [-0.4, -0.2) is 20.7 Å². The van der Waals surface area contributed by atoms with Crippen molar-refractivity contribution in [3.05, 3.63) is 47.4 Å². The van der Waals surface area contributed by atoms with Crippen molar-refractivity contribution < 1.29 is 9.15 Å². The molecule has 21 heavy (non-hydrogen) atoms. The summed E-state index contributed by atoms with van der Waals surface area (Å²) in [6.07, 6.45) is 0. The van der Waals surface area contributed by atoms with E-state index in [4.69, 9.17) is 9.15 Å². The third kappa shape index (κ3) is 4.02. The number of furan rings is 1. The van der Waals surface area contributed by atoms with Crippen molar-refractivity contribution in [2.45, 2.75) is 26.9 Å². The number of aryl methyl sites for hydroxylation is 1. The normalized spacial score (nSPS) is 10.7. The van der Waals surface area contributed by atoms with Crippen molar-refractivity contribution in [1.82, 2.24) is 5.32 Å². The van der Waals surface area contributed by atoms with Gasteiger partial charge in [0.15, 0.2) is 0 Å². The van der Waals surface area contributed by atoms with E-state index in [1.165, 1.54) is 5.56 Å². The molecule has 0 atom stereocenters. The second kappa shape index (κ2) is 7.18. The fourth-order valence-electron chi connectivity index (χ4n) is 2.27. The Morgan fingerprint density at radius 3 is 2.81 bits per heavy atom. The first-order valence-corrected chi connectivity index (χ1v) is 7.28. The first-order valence-electron chi connectivity index (χ1n) is 7.28. The van der Waals surface area contributed by atoms with Gasteiger partial charge in [-0.15, -0.1) is 0 Å². The molecule has 0 saturated heterocycles. The van der Waals surface area contributed by atoms with Gasteiger partial charge >= 0.3 is 0 Å². The van der Waals surface area contributed by atoms with E-state index in [0.29, 0.717) is 0 Å². The van der Waals surface area contributed by atoms with Crippen LogP contribution < -0.4 is 15.0 Å². The van der Waals surface area contributed by atoms with E-state index >= 15 is 0 Å². The molecule has 2 rings (SSSR count). The monoisotopic (exact) mass is 288 g/mol. The van der Waals surface area contributed by atoms with Crippen LogP contribution in [0.5, 0.6) is 5.75 Å². The predicted molar refractivity (Wildman–Crippen MR) is 85.9 cm³/mol. The molecule has 1 N–H and O–H groups in total. The van der Waals surface area contributed by atoms with Gasteiger partial charge in [0.25, 0.3) is 0 Å². The molecule has 1 aromatic heterocycles. The summed E-state index contributed by atoms with van der Waals surface area (Å²) in [5.41, 5.74) is 2.34. The zero-order valence-electron chi connectivity index (χ0n) is 13.3. The van der Waals surface area contributed by atoms with E-state index in [-0.39, 0.29) is 0 Å². The molecule has 0 aliphatic rings. The zero-order chi connectivity index (χ0) is 15.2. The van der Waals surface area contributed by atoms with Crippen molar-refractivity contribution in [3.8, 4) is 5.75 Å². The van der Waals surface area contributed by atoms with Gasteiger partial charge in [-0.2, -0.15) is 0 Å². The highest BCUT2D eigenvalue weighted by molar-refractivity contribution is 5.50. The molecule has 4 nitrogen and oxygen atoms in total. The lowest BCUT2D eigenvalue weighted by molar-refractivity contribution is 0.415. The van der Waals surface area contributed by atoms with Crippen LogP contribution in [0.15, 0.2) is 34.7 Å². The molecular formula is C17H24N2O2. The summed E-state index contributed by atoms with van der Waals surface area (Å²) in [5.74, 6) is 2.84. The molecule has 0 saturated carbocycles. The summed E-state index contributed by atoms with van der Waals surface area (Å²) < 4.78 is 11.1. The van der Waals surface area contributed by atoms with E-state index in [9.17, 15) is 0 Å². The van der Waals surface area contributed by atoms with Gasteiger partial charge in [-0.25, -0.2) is 0 Å². The minimum absolute atomic E-state index is 0.778. The highest BCUT2D eigenvalue weighted by Gasteiger charge is 2.10. The van der Waals surface area contributed by atoms with Crippen LogP contribution in [0, 0.1) is 6.92 Å². The minimum atomic E-state index is 0.778. The SMILES string of the molecule is CCNCc1cc(CN(C)c2cccc(OC)c2)c(C)o1. The maximum Gasteiger partial charge on any atom is 0.120 e. The van der Waals surface area contributed by atoms with E-state index in [1.807, 2.05) is 25.1 Å². The van der Waals surface area contributed by atoms with Gasteiger partial charge in [0.05, 0.1) is 13.7 Å². The molecule has 0 fully saturated rings. The van der Waals surface area contributed by atoms with Gasteiger partial charge in [-0.1, -0.05) is 13.0 Å². The van der Waals surface area contributed by atoms with Crippen molar-refractivity contribution in [1.29, 1.82) is 0 Å². The summed E-state index contributed by atoms with van der Waals surface area (Å²) in [5, 5.41) is 3.28. The molecule has 0 amide bonds. The first-order chi connectivity index (χ1) is 10.1. The van der Waals surface area contributed by atoms with Crippen LogP contribution in [0.4, 0.5) is 5.69 Å². The van der Waals surface area contributed by atoms with Gasteiger partial charge in [0.2, 0.25) is 0 Å². The fourth-order valence-corrected chi connectivity index (χ4v) is 2.27. The average molecular weight is 288 g/mol. The van der Waals surface area contributed by atoms with Crippen LogP contribution in [0.1, 0.15) is 24.0 Å².